The van der Waals surface area contributed by atoms with E-state index in [9.17, 15) is 14.7 Å². The summed E-state index contributed by atoms with van der Waals surface area (Å²) >= 11 is 3.38. The van der Waals surface area contributed by atoms with E-state index in [1.807, 2.05) is 24.3 Å². The van der Waals surface area contributed by atoms with E-state index in [4.69, 9.17) is 4.74 Å². The van der Waals surface area contributed by atoms with Crippen LogP contribution in [0.1, 0.15) is 18.4 Å². The van der Waals surface area contributed by atoms with Gasteiger partial charge < -0.3 is 15.2 Å². The Bertz CT molecular complexity index is 512. The van der Waals surface area contributed by atoms with E-state index >= 15 is 0 Å². The molecule has 0 saturated carbocycles. The van der Waals surface area contributed by atoms with Crippen molar-refractivity contribution in [2.24, 2.45) is 0 Å². The summed E-state index contributed by atoms with van der Waals surface area (Å²) in [4.78, 5) is 23.6. The summed E-state index contributed by atoms with van der Waals surface area (Å²) in [6.45, 7) is 0.698. The zero-order chi connectivity index (χ0) is 14.6. The van der Waals surface area contributed by atoms with Gasteiger partial charge in [-0.05, 0) is 11.6 Å². The second-order valence-electron chi connectivity index (χ2n) is 4.82. The van der Waals surface area contributed by atoms with E-state index in [1.165, 1.54) is 0 Å². The zero-order valence-corrected chi connectivity index (χ0v) is 12.5. The number of aliphatic carboxylic acids is 1. The summed E-state index contributed by atoms with van der Waals surface area (Å²) in [6.07, 6.45) is 0.741. The van der Waals surface area contributed by atoms with Crippen LogP contribution in [0.2, 0.25) is 0 Å². The van der Waals surface area contributed by atoms with Crippen molar-refractivity contribution in [1.29, 1.82) is 0 Å². The van der Waals surface area contributed by atoms with Gasteiger partial charge in [-0.15, -0.1) is 0 Å². The van der Waals surface area contributed by atoms with Crippen LogP contribution in [-0.2, 0) is 20.7 Å². The van der Waals surface area contributed by atoms with E-state index < -0.39 is 11.5 Å². The lowest BCUT2D eigenvalue weighted by Crippen LogP contribution is -2.57. The molecule has 1 saturated heterocycles. The van der Waals surface area contributed by atoms with Gasteiger partial charge in [0.15, 0.2) is 0 Å². The van der Waals surface area contributed by atoms with Crippen LogP contribution in [0.5, 0.6) is 0 Å². The topological polar surface area (TPSA) is 75.6 Å². The highest BCUT2D eigenvalue weighted by molar-refractivity contribution is 9.10. The maximum absolute atomic E-state index is 12.1. The van der Waals surface area contributed by atoms with Crippen LogP contribution < -0.4 is 5.32 Å². The van der Waals surface area contributed by atoms with Crippen molar-refractivity contribution in [2.75, 3.05) is 13.2 Å². The first-order chi connectivity index (χ1) is 9.53. The van der Waals surface area contributed by atoms with Gasteiger partial charge in [0.2, 0.25) is 5.91 Å². The van der Waals surface area contributed by atoms with Crippen LogP contribution >= 0.6 is 15.9 Å². The van der Waals surface area contributed by atoms with Crippen LogP contribution in [0.15, 0.2) is 28.7 Å². The Labute approximate surface area is 125 Å². The first-order valence-corrected chi connectivity index (χ1v) is 7.18. The molecule has 0 radical (unpaired) electrons. The largest absolute Gasteiger partial charge is 0.480 e. The van der Waals surface area contributed by atoms with Crippen LogP contribution in [0.25, 0.3) is 0 Å². The highest BCUT2D eigenvalue weighted by atomic mass is 79.9. The predicted molar refractivity (Wildman–Crippen MR) is 76.4 cm³/mol. The smallest absolute Gasteiger partial charge is 0.329 e. The molecule has 6 heteroatoms. The van der Waals surface area contributed by atoms with Crippen molar-refractivity contribution in [3.63, 3.8) is 0 Å². The average molecular weight is 342 g/mol. The first-order valence-electron chi connectivity index (χ1n) is 6.39. The van der Waals surface area contributed by atoms with E-state index in [2.05, 4.69) is 21.2 Å². The minimum atomic E-state index is -1.20. The fraction of sp³-hybridized carbons (Fsp3) is 0.429. The molecule has 1 heterocycles. The number of carboxylic acids is 1. The van der Waals surface area contributed by atoms with Gasteiger partial charge in [0, 0.05) is 30.5 Å². The molecule has 2 N–H and O–H groups in total. The average Bonchev–Trinajstić information content (AvgIpc) is 2.42. The number of carboxylic acid groups (broad SMARTS) is 1. The summed E-state index contributed by atoms with van der Waals surface area (Å²) in [5.74, 6) is -1.29. The summed E-state index contributed by atoms with van der Waals surface area (Å²) in [6, 6.07) is 7.39. The van der Waals surface area contributed by atoms with Gasteiger partial charge in [0.1, 0.15) is 5.54 Å². The Balaban J connectivity index is 2.06. The molecule has 1 aliphatic heterocycles. The van der Waals surface area contributed by atoms with Crippen molar-refractivity contribution < 1.29 is 19.4 Å². The van der Waals surface area contributed by atoms with Gasteiger partial charge in [-0.25, -0.2) is 4.79 Å². The first kappa shape index (κ1) is 15.0. The normalized spacial score (nSPS) is 17.4. The lowest BCUT2D eigenvalue weighted by molar-refractivity contribution is -0.152. The number of hydrogen-bond donors (Lipinski definition) is 2. The molecule has 0 aliphatic carbocycles. The molecule has 5 nitrogen and oxygen atoms in total. The summed E-state index contributed by atoms with van der Waals surface area (Å²) in [7, 11) is 0. The molecule has 1 fully saturated rings. The number of carbonyl (C=O) groups excluding carboxylic acids is 1. The van der Waals surface area contributed by atoms with Gasteiger partial charge >= 0.3 is 5.97 Å². The number of rotatable bonds is 4. The Kier molecular flexibility index (Phi) is 4.77. The minimum absolute atomic E-state index is 0.150. The minimum Gasteiger partial charge on any atom is -0.480 e. The van der Waals surface area contributed by atoms with Crippen molar-refractivity contribution in [2.45, 2.75) is 24.8 Å². The van der Waals surface area contributed by atoms with Gasteiger partial charge in [0.25, 0.3) is 0 Å². The molecule has 1 aliphatic rings. The molecule has 1 amide bonds. The van der Waals surface area contributed by atoms with Gasteiger partial charge in [0.05, 0.1) is 6.42 Å². The Morgan fingerprint density at radius 3 is 2.55 bits per heavy atom. The molecule has 0 atom stereocenters. The lowest BCUT2D eigenvalue weighted by atomic mass is 9.90. The van der Waals surface area contributed by atoms with Crippen molar-refractivity contribution in [3.05, 3.63) is 34.3 Å². The fourth-order valence-corrected chi connectivity index (χ4v) is 2.66. The van der Waals surface area contributed by atoms with Crippen LogP contribution in [0, 0.1) is 0 Å². The van der Waals surface area contributed by atoms with Crippen LogP contribution in [0.3, 0.4) is 0 Å². The Hall–Kier alpha value is -1.40. The SMILES string of the molecule is O=C(Cc1ccccc1Br)NC1(C(=O)O)CCOCC1. The number of nitrogens with one attached hydrogen (secondary N) is 1. The maximum atomic E-state index is 12.1. The molecule has 0 unspecified atom stereocenters. The quantitative estimate of drug-likeness (QED) is 0.874. The molecule has 1 aromatic rings. The molecule has 2 rings (SSSR count). The second-order valence-corrected chi connectivity index (χ2v) is 5.67. The van der Waals surface area contributed by atoms with Gasteiger partial charge in [-0.3, -0.25) is 4.79 Å². The molecule has 0 bridgehead atoms. The van der Waals surface area contributed by atoms with Crippen molar-refractivity contribution in [3.8, 4) is 0 Å². The van der Waals surface area contributed by atoms with E-state index in [0.717, 1.165) is 10.0 Å². The molecule has 0 spiro atoms. The van der Waals surface area contributed by atoms with Crippen molar-refractivity contribution >= 4 is 27.8 Å². The molecule has 20 heavy (non-hydrogen) atoms. The summed E-state index contributed by atoms with van der Waals surface area (Å²) in [5, 5.41) is 12.0. The number of halogens is 1. The third kappa shape index (κ3) is 3.37. The van der Waals surface area contributed by atoms with E-state index in [-0.39, 0.29) is 12.3 Å². The number of benzene rings is 1. The fourth-order valence-electron chi connectivity index (χ4n) is 2.24. The van der Waals surface area contributed by atoms with Gasteiger partial charge in [-0.1, -0.05) is 34.1 Å². The maximum Gasteiger partial charge on any atom is 0.329 e. The number of ether oxygens (including phenoxy) is 1. The Morgan fingerprint density at radius 1 is 1.30 bits per heavy atom. The standard InChI is InChI=1S/C14H16BrNO4/c15-11-4-2-1-3-10(11)9-12(17)16-14(13(18)19)5-7-20-8-6-14/h1-4H,5-9H2,(H,16,17)(H,18,19). The van der Waals surface area contributed by atoms with E-state index in [1.54, 1.807) is 0 Å². The third-order valence-electron chi connectivity index (χ3n) is 3.44. The lowest BCUT2D eigenvalue weighted by Gasteiger charge is -2.33. The predicted octanol–water partition coefficient (Wildman–Crippen LogP) is 1.74. The molecule has 1 aromatic carbocycles. The van der Waals surface area contributed by atoms with Crippen LogP contribution in [0.4, 0.5) is 0 Å². The van der Waals surface area contributed by atoms with Crippen LogP contribution in [-0.4, -0.2) is 35.7 Å². The number of hydrogen-bond acceptors (Lipinski definition) is 3. The zero-order valence-electron chi connectivity index (χ0n) is 10.9. The highest BCUT2D eigenvalue weighted by Gasteiger charge is 2.41. The Morgan fingerprint density at radius 2 is 1.95 bits per heavy atom. The monoisotopic (exact) mass is 341 g/mol. The number of carbonyl (C=O) groups is 2. The third-order valence-corrected chi connectivity index (χ3v) is 4.22. The number of amides is 1. The second kappa shape index (κ2) is 6.37. The highest BCUT2D eigenvalue weighted by Crippen LogP contribution is 2.22. The molecule has 108 valence electrons. The summed E-state index contributed by atoms with van der Waals surface area (Å²) in [5.41, 5.74) is -0.367. The molecule has 0 aromatic heterocycles. The van der Waals surface area contributed by atoms with Gasteiger partial charge in [-0.2, -0.15) is 0 Å². The van der Waals surface area contributed by atoms with E-state index in [0.29, 0.717) is 26.1 Å². The molecular formula is C14H16BrNO4. The molecular weight excluding hydrogens is 326 g/mol. The summed E-state index contributed by atoms with van der Waals surface area (Å²) < 4.78 is 6.01. The van der Waals surface area contributed by atoms with Crippen molar-refractivity contribution in [1.82, 2.24) is 5.32 Å².